The minimum absolute atomic E-state index is 0.0564. The van der Waals surface area contributed by atoms with E-state index in [4.69, 9.17) is 0 Å². The number of fused-ring (bicyclic) bond motifs is 1. The van der Waals surface area contributed by atoms with E-state index in [0.717, 1.165) is 28.4 Å². The Kier molecular flexibility index (Phi) is 4.24. The minimum Gasteiger partial charge on any atom is -0.359 e. The number of carbonyl (C=O) groups excluding carboxylic acids is 1. The molecule has 1 aromatic heterocycles. The minimum atomic E-state index is -0.226. The smallest absolute Gasteiger partial charge is 0.257 e. The molecule has 4 nitrogen and oxygen atoms in total. The number of amides is 1. The van der Waals surface area contributed by atoms with E-state index in [-0.39, 0.29) is 12.1 Å². The SMILES string of the molecule is Cc1nc([C@@H]2Nc3ccccc3C(=O)N2CCc2ccccc2)cs1. The number of aromatic nitrogens is 1. The van der Waals surface area contributed by atoms with Crippen LogP contribution >= 0.6 is 11.3 Å². The molecule has 126 valence electrons. The molecule has 3 aromatic rings. The topological polar surface area (TPSA) is 45.2 Å². The Labute approximate surface area is 151 Å². The Bertz CT molecular complexity index is 891. The van der Waals surface area contributed by atoms with Gasteiger partial charge in [0.15, 0.2) is 0 Å². The van der Waals surface area contributed by atoms with Crippen molar-refractivity contribution in [2.75, 3.05) is 11.9 Å². The summed E-state index contributed by atoms with van der Waals surface area (Å²) >= 11 is 1.61. The zero-order chi connectivity index (χ0) is 17.2. The van der Waals surface area contributed by atoms with Gasteiger partial charge >= 0.3 is 0 Å². The molecule has 1 aliphatic rings. The summed E-state index contributed by atoms with van der Waals surface area (Å²) in [5.74, 6) is 0.0564. The van der Waals surface area contributed by atoms with Gasteiger partial charge in [0.2, 0.25) is 0 Å². The van der Waals surface area contributed by atoms with Crippen molar-refractivity contribution in [1.29, 1.82) is 0 Å². The summed E-state index contributed by atoms with van der Waals surface area (Å²) in [5.41, 5.74) is 3.72. The zero-order valence-corrected chi connectivity index (χ0v) is 14.8. The maximum absolute atomic E-state index is 13.1. The van der Waals surface area contributed by atoms with E-state index in [1.807, 2.05) is 59.7 Å². The van der Waals surface area contributed by atoms with Crippen molar-refractivity contribution in [3.8, 4) is 0 Å². The van der Waals surface area contributed by atoms with Gasteiger partial charge in [-0.15, -0.1) is 11.3 Å². The lowest BCUT2D eigenvalue weighted by Crippen LogP contribution is -2.44. The van der Waals surface area contributed by atoms with Gasteiger partial charge in [0.1, 0.15) is 6.17 Å². The predicted octanol–water partition coefficient (Wildman–Crippen LogP) is 4.26. The Hall–Kier alpha value is -2.66. The normalized spacial score (nSPS) is 16.4. The van der Waals surface area contributed by atoms with Crippen LogP contribution in [0.25, 0.3) is 0 Å². The summed E-state index contributed by atoms with van der Waals surface area (Å²) in [6.07, 6.45) is 0.590. The summed E-state index contributed by atoms with van der Waals surface area (Å²) in [5, 5.41) is 6.53. The highest BCUT2D eigenvalue weighted by Gasteiger charge is 2.33. The molecule has 4 rings (SSSR count). The third-order valence-electron chi connectivity index (χ3n) is 4.42. The number of anilines is 1. The highest BCUT2D eigenvalue weighted by molar-refractivity contribution is 7.09. The summed E-state index contributed by atoms with van der Waals surface area (Å²) in [6.45, 7) is 2.63. The molecule has 5 heteroatoms. The molecule has 1 N–H and O–H groups in total. The molecule has 1 atom stereocenters. The van der Waals surface area contributed by atoms with E-state index in [0.29, 0.717) is 6.54 Å². The van der Waals surface area contributed by atoms with E-state index >= 15 is 0 Å². The van der Waals surface area contributed by atoms with Crippen LogP contribution in [0.3, 0.4) is 0 Å². The lowest BCUT2D eigenvalue weighted by atomic mass is 10.1. The fourth-order valence-electron chi connectivity index (χ4n) is 3.16. The van der Waals surface area contributed by atoms with E-state index in [1.165, 1.54) is 5.56 Å². The lowest BCUT2D eigenvalue weighted by molar-refractivity contribution is 0.0682. The fourth-order valence-corrected chi connectivity index (χ4v) is 3.79. The Balaban J connectivity index is 1.66. The molecule has 0 saturated carbocycles. The first-order chi connectivity index (χ1) is 12.2. The van der Waals surface area contributed by atoms with Crippen LogP contribution in [0.4, 0.5) is 5.69 Å². The fraction of sp³-hybridized carbons (Fsp3) is 0.200. The molecule has 0 unspecified atom stereocenters. The molecule has 25 heavy (non-hydrogen) atoms. The van der Waals surface area contributed by atoms with Crippen molar-refractivity contribution in [3.05, 3.63) is 81.8 Å². The van der Waals surface area contributed by atoms with E-state index in [1.54, 1.807) is 11.3 Å². The van der Waals surface area contributed by atoms with Gasteiger partial charge in [-0.25, -0.2) is 4.98 Å². The second-order valence-electron chi connectivity index (χ2n) is 6.12. The van der Waals surface area contributed by atoms with Gasteiger partial charge in [0.25, 0.3) is 5.91 Å². The van der Waals surface area contributed by atoms with Crippen LogP contribution in [0.1, 0.15) is 32.8 Å². The number of thiazole rings is 1. The quantitative estimate of drug-likeness (QED) is 0.765. The van der Waals surface area contributed by atoms with Crippen molar-refractivity contribution in [3.63, 3.8) is 0 Å². The van der Waals surface area contributed by atoms with Gasteiger partial charge in [-0.1, -0.05) is 42.5 Å². The average molecular weight is 349 g/mol. The average Bonchev–Trinajstić information content (AvgIpc) is 3.08. The number of hydrogen-bond donors (Lipinski definition) is 1. The van der Waals surface area contributed by atoms with Gasteiger partial charge in [-0.05, 0) is 31.0 Å². The van der Waals surface area contributed by atoms with Gasteiger partial charge in [0, 0.05) is 17.6 Å². The number of benzene rings is 2. The summed E-state index contributed by atoms with van der Waals surface area (Å²) in [4.78, 5) is 19.6. The summed E-state index contributed by atoms with van der Waals surface area (Å²) in [7, 11) is 0. The van der Waals surface area contributed by atoms with E-state index < -0.39 is 0 Å². The monoisotopic (exact) mass is 349 g/mol. The highest BCUT2D eigenvalue weighted by Crippen LogP contribution is 2.33. The van der Waals surface area contributed by atoms with Crippen molar-refractivity contribution < 1.29 is 4.79 Å². The van der Waals surface area contributed by atoms with Crippen molar-refractivity contribution in [2.45, 2.75) is 19.5 Å². The Morgan fingerprint density at radius 2 is 1.88 bits per heavy atom. The van der Waals surface area contributed by atoms with Crippen molar-refractivity contribution >= 4 is 22.9 Å². The molecule has 0 spiro atoms. The van der Waals surface area contributed by atoms with Crippen LogP contribution in [0, 0.1) is 6.92 Å². The first-order valence-electron chi connectivity index (χ1n) is 8.35. The molecule has 1 amide bonds. The highest BCUT2D eigenvalue weighted by atomic mass is 32.1. The summed E-state index contributed by atoms with van der Waals surface area (Å²) < 4.78 is 0. The first kappa shape index (κ1) is 15.8. The van der Waals surface area contributed by atoms with Crippen LogP contribution in [0.5, 0.6) is 0 Å². The zero-order valence-electron chi connectivity index (χ0n) is 14.0. The molecule has 1 aliphatic heterocycles. The van der Waals surface area contributed by atoms with Crippen LogP contribution < -0.4 is 5.32 Å². The maximum Gasteiger partial charge on any atom is 0.257 e. The van der Waals surface area contributed by atoms with Crippen molar-refractivity contribution in [1.82, 2.24) is 9.88 Å². The Morgan fingerprint density at radius 1 is 1.12 bits per heavy atom. The molecule has 0 aliphatic carbocycles. The number of nitrogens with zero attached hydrogens (tertiary/aromatic N) is 2. The number of nitrogens with one attached hydrogen (secondary N) is 1. The molecule has 0 saturated heterocycles. The Morgan fingerprint density at radius 3 is 2.64 bits per heavy atom. The van der Waals surface area contributed by atoms with Gasteiger partial charge in [-0.2, -0.15) is 0 Å². The number of carbonyl (C=O) groups is 1. The number of rotatable bonds is 4. The number of para-hydroxylation sites is 1. The summed E-state index contributed by atoms with van der Waals surface area (Å²) in [6, 6.07) is 17.9. The van der Waals surface area contributed by atoms with Crippen LogP contribution in [0.2, 0.25) is 0 Å². The molecule has 0 fully saturated rings. The van der Waals surface area contributed by atoms with Crippen molar-refractivity contribution in [2.24, 2.45) is 0 Å². The molecular formula is C20H19N3OS. The second-order valence-corrected chi connectivity index (χ2v) is 7.18. The largest absolute Gasteiger partial charge is 0.359 e. The van der Waals surface area contributed by atoms with Gasteiger partial charge in [0.05, 0.1) is 16.3 Å². The molecule has 0 radical (unpaired) electrons. The molecule has 2 aromatic carbocycles. The molecule has 0 bridgehead atoms. The molecule has 2 heterocycles. The second kappa shape index (κ2) is 6.69. The third-order valence-corrected chi connectivity index (χ3v) is 5.22. The molecular weight excluding hydrogens is 330 g/mol. The maximum atomic E-state index is 13.1. The van der Waals surface area contributed by atoms with E-state index in [2.05, 4.69) is 22.4 Å². The standard InChI is InChI=1S/C20H19N3OS/c1-14-21-18(13-25-14)19-22-17-10-6-5-9-16(17)20(24)23(19)12-11-15-7-3-2-4-8-15/h2-10,13,19,22H,11-12H2,1H3/t19-/m1/s1. The van der Waals surface area contributed by atoms with Crippen LogP contribution in [-0.2, 0) is 6.42 Å². The van der Waals surface area contributed by atoms with E-state index in [9.17, 15) is 4.79 Å². The van der Waals surface area contributed by atoms with Crippen LogP contribution in [0.15, 0.2) is 60.0 Å². The van der Waals surface area contributed by atoms with Crippen LogP contribution in [-0.4, -0.2) is 22.3 Å². The third kappa shape index (κ3) is 3.15. The lowest BCUT2D eigenvalue weighted by Gasteiger charge is -2.37. The first-order valence-corrected chi connectivity index (χ1v) is 9.23. The number of hydrogen-bond acceptors (Lipinski definition) is 4. The van der Waals surface area contributed by atoms with Gasteiger partial charge < -0.3 is 10.2 Å². The predicted molar refractivity (Wildman–Crippen MR) is 101 cm³/mol. The number of aryl methyl sites for hydroxylation is 1. The van der Waals surface area contributed by atoms with Gasteiger partial charge in [-0.3, -0.25) is 4.79 Å².